The van der Waals surface area contributed by atoms with Crippen LogP contribution >= 0.6 is 0 Å². The SMILES string of the molecule is CCn1c2ccccc2c2cc(NC(=O)c3ccc4nc(-c5ccccc5)c(-c5ccccc5)nc4c3)ccc21. The number of carbonyl (C=O) groups is 1. The van der Waals surface area contributed by atoms with Gasteiger partial charge in [-0.3, -0.25) is 4.79 Å². The average Bonchev–Trinajstić information content (AvgIpc) is 3.34. The second kappa shape index (κ2) is 9.79. The molecular formula is C35H26N4O. The van der Waals surface area contributed by atoms with Crippen LogP contribution in [0.1, 0.15) is 17.3 Å². The molecule has 0 bridgehead atoms. The van der Waals surface area contributed by atoms with Crippen molar-refractivity contribution in [3.63, 3.8) is 0 Å². The number of aryl methyl sites for hydroxylation is 1. The number of hydrogen-bond donors (Lipinski definition) is 1. The van der Waals surface area contributed by atoms with E-state index in [-0.39, 0.29) is 5.91 Å². The fourth-order valence-electron chi connectivity index (χ4n) is 5.47. The van der Waals surface area contributed by atoms with Gasteiger partial charge < -0.3 is 9.88 Å². The molecule has 0 aliphatic carbocycles. The first-order valence-electron chi connectivity index (χ1n) is 13.4. The summed E-state index contributed by atoms with van der Waals surface area (Å²) in [6.07, 6.45) is 0. The van der Waals surface area contributed by atoms with Crippen LogP contribution in [0.15, 0.2) is 121 Å². The molecule has 0 aliphatic rings. The molecule has 0 unspecified atom stereocenters. The molecule has 7 rings (SSSR count). The molecule has 5 nitrogen and oxygen atoms in total. The maximum atomic E-state index is 13.4. The summed E-state index contributed by atoms with van der Waals surface area (Å²) in [7, 11) is 0. The Bertz CT molecular complexity index is 2030. The zero-order chi connectivity index (χ0) is 27.1. The van der Waals surface area contributed by atoms with Gasteiger partial charge in [0.05, 0.1) is 22.4 Å². The molecule has 5 aromatic carbocycles. The number of nitrogens with one attached hydrogen (secondary N) is 1. The Morgan fingerprint density at radius 3 is 1.98 bits per heavy atom. The minimum absolute atomic E-state index is 0.185. The summed E-state index contributed by atoms with van der Waals surface area (Å²) < 4.78 is 2.30. The first kappa shape index (κ1) is 23.8. The Kier molecular flexibility index (Phi) is 5.82. The normalized spacial score (nSPS) is 11.3. The summed E-state index contributed by atoms with van der Waals surface area (Å²) in [5.41, 5.74) is 8.63. The van der Waals surface area contributed by atoms with Crippen molar-refractivity contribution in [1.29, 1.82) is 0 Å². The second-order valence-electron chi connectivity index (χ2n) is 9.80. The largest absolute Gasteiger partial charge is 0.341 e. The minimum Gasteiger partial charge on any atom is -0.341 e. The quantitative estimate of drug-likeness (QED) is 0.249. The van der Waals surface area contributed by atoms with Crippen LogP contribution in [-0.4, -0.2) is 20.4 Å². The van der Waals surface area contributed by atoms with Gasteiger partial charge in [0.2, 0.25) is 0 Å². The monoisotopic (exact) mass is 518 g/mol. The van der Waals surface area contributed by atoms with Gasteiger partial charge in [-0.15, -0.1) is 0 Å². The Labute approximate surface area is 231 Å². The molecule has 192 valence electrons. The number of fused-ring (bicyclic) bond motifs is 4. The van der Waals surface area contributed by atoms with E-state index in [1.165, 1.54) is 10.9 Å². The van der Waals surface area contributed by atoms with Crippen molar-refractivity contribution in [2.45, 2.75) is 13.5 Å². The van der Waals surface area contributed by atoms with Gasteiger partial charge >= 0.3 is 0 Å². The van der Waals surface area contributed by atoms with Gasteiger partial charge in [0.25, 0.3) is 5.91 Å². The summed E-state index contributed by atoms with van der Waals surface area (Å²) in [5.74, 6) is -0.185. The highest BCUT2D eigenvalue weighted by molar-refractivity contribution is 6.11. The number of nitrogens with zero attached hydrogens (tertiary/aromatic N) is 3. The van der Waals surface area contributed by atoms with Crippen molar-refractivity contribution in [3.8, 4) is 22.5 Å². The maximum absolute atomic E-state index is 13.4. The topological polar surface area (TPSA) is 59.8 Å². The first-order chi connectivity index (χ1) is 19.7. The number of benzene rings is 5. The van der Waals surface area contributed by atoms with E-state index in [1.807, 2.05) is 84.9 Å². The van der Waals surface area contributed by atoms with Crippen molar-refractivity contribution >= 4 is 44.4 Å². The lowest BCUT2D eigenvalue weighted by Crippen LogP contribution is -2.12. The predicted molar refractivity (Wildman–Crippen MR) is 163 cm³/mol. The molecule has 1 N–H and O–H groups in total. The molecule has 0 spiro atoms. The lowest BCUT2D eigenvalue weighted by Gasteiger charge is -2.12. The number of carbonyl (C=O) groups excluding carboxylic acids is 1. The van der Waals surface area contributed by atoms with E-state index in [0.29, 0.717) is 11.1 Å². The number of amides is 1. The summed E-state index contributed by atoms with van der Waals surface area (Å²) in [5, 5.41) is 5.40. The highest BCUT2D eigenvalue weighted by Crippen LogP contribution is 2.33. The van der Waals surface area contributed by atoms with Crippen LogP contribution in [0.4, 0.5) is 5.69 Å². The van der Waals surface area contributed by atoms with Gasteiger partial charge in [0.1, 0.15) is 0 Å². The Morgan fingerprint density at radius 2 is 1.27 bits per heavy atom. The van der Waals surface area contributed by atoms with Crippen molar-refractivity contribution < 1.29 is 4.79 Å². The van der Waals surface area contributed by atoms with E-state index in [0.717, 1.165) is 51.2 Å². The Morgan fingerprint density at radius 1 is 0.650 bits per heavy atom. The van der Waals surface area contributed by atoms with Crippen molar-refractivity contribution in [3.05, 3.63) is 127 Å². The fourth-order valence-corrected chi connectivity index (χ4v) is 5.47. The van der Waals surface area contributed by atoms with Gasteiger partial charge in [-0.25, -0.2) is 9.97 Å². The van der Waals surface area contributed by atoms with Crippen LogP contribution < -0.4 is 5.32 Å². The van der Waals surface area contributed by atoms with Crippen molar-refractivity contribution in [2.24, 2.45) is 0 Å². The number of para-hydroxylation sites is 1. The maximum Gasteiger partial charge on any atom is 0.255 e. The van der Waals surface area contributed by atoms with E-state index in [2.05, 4.69) is 53.2 Å². The predicted octanol–water partition coefficient (Wildman–Crippen LogP) is 8.34. The lowest BCUT2D eigenvalue weighted by atomic mass is 10.0. The van der Waals surface area contributed by atoms with Crippen LogP contribution in [0.3, 0.4) is 0 Å². The third-order valence-electron chi connectivity index (χ3n) is 7.37. The first-order valence-corrected chi connectivity index (χ1v) is 13.4. The smallest absolute Gasteiger partial charge is 0.255 e. The molecule has 0 aliphatic heterocycles. The fraction of sp³-hybridized carbons (Fsp3) is 0.0571. The number of aromatic nitrogens is 3. The van der Waals surface area contributed by atoms with Crippen LogP contribution in [0.2, 0.25) is 0 Å². The summed E-state index contributed by atoms with van der Waals surface area (Å²) in [6.45, 7) is 3.03. The van der Waals surface area contributed by atoms with Crippen LogP contribution in [-0.2, 0) is 6.54 Å². The van der Waals surface area contributed by atoms with Gasteiger partial charge in [-0.1, -0.05) is 78.9 Å². The molecular weight excluding hydrogens is 492 g/mol. The number of rotatable bonds is 5. The van der Waals surface area contributed by atoms with E-state index < -0.39 is 0 Å². The van der Waals surface area contributed by atoms with E-state index in [1.54, 1.807) is 0 Å². The summed E-state index contributed by atoms with van der Waals surface area (Å²) in [6, 6.07) is 40.1. The highest BCUT2D eigenvalue weighted by Gasteiger charge is 2.16. The van der Waals surface area contributed by atoms with E-state index in [9.17, 15) is 4.79 Å². The molecule has 1 amide bonds. The molecule has 7 aromatic rings. The third kappa shape index (κ3) is 4.09. The summed E-state index contributed by atoms with van der Waals surface area (Å²) in [4.78, 5) is 23.4. The minimum atomic E-state index is -0.185. The third-order valence-corrected chi connectivity index (χ3v) is 7.37. The van der Waals surface area contributed by atoms with Crippen molar-refractivity contribution in [1.82, 2.24) is 14.5 Å². The number of hydrogen-bond acceptors (Lipinski definition) is 3. The second-order valence-corrected chi connectivity index (χ2v) is 9.80. The van der Waals surface area contributed by atoms with E-state index >= 15 is 0 Å². The van der Waals surface area contributed by atoms with Gasteiger partial charge in [0.15, 0.2) is 0 Å². The Hall–Kier alpha value is -5.29. The molecule has 0 fully saturated rings. The van der Waals surface area contributed by atoms with Crippen LogP contribution in [0.5, 0.6) is 0 Å². The zero-order valence-electron chi connectivity index (χ0n) is 22.0. The molecule has 40 heavy (non-hydrogen) atoms. The lowest BCUT2D eigenvalue weighted by molar-refractivity contribution is 0.102. The van der Waals surface area contributed by atoms with Gasteiger partial charge in [0, 0.05) is 50.7 Å². The average molecular weight is 519 g/mol. The summed E-state index contributed by atoms with van der Waals surface area (Å²) >= 11 is 0. The Balaban J connectivity index is 1.27. The highest BCUT2D eigenvalue weighted by atomic mass is 16.1. The molecule has 2 aromatic heterocycles. The van der Waals surface area contributed by atoms with Crippen molar-refractivity contribution in [2.75, 3.05) is 5.32 Å². The molecule has 0 saturated carbocycles. The molecule has 5 heteroatoms. The molecule has 0 saturated heterocycles. The van der Waals surface area contributed by atoms with Gasteiger partial charge in [-0.05, 0) is 49.4 Å². The number of anilines is 1. The molecule has 2 heterocycles. The van der Waals surface area contributed by atoms with Crippen LogP contribution in [0, 0.1) is 0 Å². The van der Waals surface area contributed by atoms with Crippen LogP contribution in [0.25, 0.3) is 55.4 Å². The van der Waals surface area contributed by atoms with Gasteiger partial charge in [-0.2, -0.15) is 0 Å². The molecule has 0 radical (unpaired) electrons. The standard InChI is InChI=1S/C35H26N4O/c1-2-39-31-16-10-9-15-27(31)28-22-26(18-20-32(28)39)36-35(40)25-17-19-29-30(21-25)38-34(24-13-7-4-8-14-24)33(37-29)23-11-5-3-6-12-23/h3-22H,2H2,1H3,(H,36,40). The molecule has 0 atom stereocenters. The zero-order valence-corrected chi connectivity index (χ0v) is 22.0. The van der Waals surface area contributed by atoms with E-state index in [4.69, 9.17) is 9.97 Å².